The molecule has 0 aliphatic rings. The largest absolute Gasteiger partial charge is 0.479 e. The fraction of sp³-hybridized carbons (Fsp3) is 0.300. The highest BCUT2D eigenvalue weighted by Gasteiger charge is 2.16. The Bertz CT molecular complexity index is 396. The number of carbonyl (C=O) groups is 2. The number of amides is 2. The summed E-state index contributed by atoms with van der Waals surface area (Å²) >= 11 is 0. The highest BCUT2D eigenvalue weighted by atomic mass is 16.4. The fourth-order valence-corrected chi connectivity index (χ4v) is 1.06. The van der Waals surface area contributed by atoms with Crippen molar-refractivity contribution in [3.05, 3.63) is 24.5 Å². The monoisotopic (exact) mass is 239 g/mol. The number of anilines is 1. The molecule has 1 heterocycles. The van der Waals surface area contributed by atoms with Crippen LogP contribution in [0.4, 0.5) is 10.5 Å². The van der Waals surface area contributed by atoms with Crippen molar-refractivity contribution in [3.8, 4) is 0 Å². The van der Waals surface area contributed by atoms with Gasteiger partial charge < -0.3 is 15.5 Å². The zero-order valence-corrected chi connectivity index (χ0v) is 9.20. The number of carboxylic acid groups (broad SMARTS) is 1. The number of rotatable bonds is 4. The van der Waals surface area contributed by atoms with Gasteiger partial charge in [0.25, 0.3) is 0 Å². The molecule has 92 valence electrons. The Morgan fingerprint density at radius 3 is 2.82 bits per heavy atom. The fourth-order valence-electron chi connectivity index (χ4n) is 1.06. The van der Waals surface area contributed by atoms with Crippen LogP contribution in [-0.2, 0) is 4.79 Å². The number of aliphatic hydroxyl groups is 1. The molecule has 3 N–H and O–H groups in total. The highest BCUT2D eigenvalue weighted by Crippen LogP contribution is 2.08. The van der Waals surface area contributed by atoms with Crippen LogP contribution in [-0.4, -0.2) is 46.9 Å². The number of hydrogen-bond donors (Lipinski definition) is 3. The molecule has 0 aliphatic carbocycles. The minimum Gasteiger partial charge on any atom is -0.479 e. The standard InChI is InChI=1S/C10H13N3O4/c1-13(7-3-2-4-11-5-7)10(17)12-6-8(14)9(15)16/h2-5,8,14H,6H2,1H3,(H,12,17)(H,15,16). The Morgan fingerprint density at radius 2 is 2.29 bits per heavy atom. The smallest absolute Gasteiger partial charge is 0.334 e. The van der Waals surface area contributed by atoms with E-state index >= 15 is 0 Å². The van der Waals surface area contributed by atoms with Gasteiger partial charge in [-0.1, -0.05) is 0 Å². The SMILES string of the molecule is CN(C(=O)NCC(O)C(=O)O)c1cccnc1. The van der Waals surface area contributed by atoms with Crippen molar-refractivity contribution < 1.29 is 19.8 Å². The van der Waals surface area contributed by atoms with Crippen molar-refractivity contribution >= 4 is 17.7 Å². The summed E-state index contributed by atoms with van der Waals surface area (Å²) in [5, 5.41) is 19.7. The van der Waals surface area contributed by atoms with Gasteiger partial charge in [-0.15, -0.1) is 0 Å². The van der Waals surface area contributed by atoms with Crippen molar-refractivity contribution in [2.45, 2.75) is 6.10 Å². The zero-order chi connectivity index (χ0) is 12.8. The van der Waals surface area contributed by atoms with E-state index in [-0.39, 0.29) is 6.54 Å². The van der Waals surface area contributed by atoms with E-state index < -0.39 is 18.1 Å². The van der Waals surface area contributed by atoms with E-state index in [4.69, 9.17) is 10.2 Å². The lowest BCUT2D eigenvalue weighted by Crippen LogP contribution is -2.43. The van der Waals surface area contributed by atoms with Crippen molar-refractivity contribution in [2.24, 2.45) is 0 Å². The normalized spacial score (nSPS) is 11.6. The summed E-state index contributed by atoms with van der Waals surface area (Å²) in [7, 11) is 1.51. The number of hydrogen-bond acceptors (Lipinski definition) is 4. The first-order valence-electron chi connectivity index (χ1n) is 4.85. The molecule has 0 bridgehead atoms. The molecule has 1 rings (SSSR count). The molecule has 0 radical (unpaired) electrons. The lowest BCUT2D eigenvalue weighted by molar-refractivity contribution is -0.146. The van der Waals surface area contributed by atoms with Crippen molar-refractivity contribution in [2.75, 3.05) is 18.5 Å². The summed E-state index contributed by atoms with van der Waals surface area (Å²) < 4.78 is 0. The number of carboxylic acids is 1. The molecule has 1 aromatic rings. The van der Waals surface area contributed by atoms with Crippen LogP contribution in [0, 0.1) is 0 Å². The molecule has 7 nitrogen and oxygen atoms in total. The van der Waals surface area contributed by atoms with E-state index in [1.807, 2.05) is 0 Å². The number of aliphatic carboxylic acids is 1. The lowest BCUT2D eigenvalue weighted by Gasteiger charge is -2.18. The Kier molecular flexibility index (Phi) is 4.41. The average molecular weight is 239 g/mol. The number of nitrogens with one attached hydrogen (secondary N) is 1. The van der Waals surface area contributed by atoms with Crippen LogP contribution in [0.25, 0.3) is 0 Å². The second-order valence-electron chi connectivity index (χ2n) is 3.31. The zero-order valence-electron chi connectivity index (χ0n) is 9.20. The topological polar surface area (TPSA) is 103 Å². The number of carbonyl (C=O) groups excluding carboxylic acids is 1. The summed E-state index contributed by atoms with van der Waals surface area (Å²) in [5.74, 6) is -1.38. The number of nitrogens with zero attached hydrogens (tertiary/aromatic N) is 2. The van der Waals surface area contributed by atoms with Crippen molar-refractivity contribution in [1.82, 2.24) is 10.3 Å². The number of urea groups is 1. The maximum absolute atomic E-state index is 11.6. The Balaban J connectivity index is 2.51. The third-order valence-electron chi connectivity index (χ3n) is 2.07. The minimum absolute atomic E-state index is 0.348. The van der Waals surface area contributed by atoms with Gasteiger partial charge >= 0.3 is 12.0 Å². The molecular weight excluding hydrogens is 226 g/mol. The van der Waals surface area contributed by atoms with E-state index in [0.29, 0.717) is 5.69 Å². The molecule has 0 spiro atoms. The molecule has 0 saturated carbocycles. The predicted octanol–water partition coefficient (Wildman–Crippen LogP) is -0.327. The van der Waals surface area contributed by atoms with Gasteiger partial charge in [-0.05, 0) is 12.1 Å². The van der Waals surface area contributed by atoms with Gasteiger partial charge in [0.2, 0.25) is 0 Å². The summed E-state index contributed by atoms with van der Waals surface area (Å²) in [4.78, 5) is 27.0. The van der Waals surface area contributed by atoms with Gasteiger partial charge in [-0.2, -0.15) is 0 Å². The second-order valence-corrected chi connectivity index (χ2v) is 3.31. The number of aromatic nitrogens is 1. The third-order valence-corrected chi connectivity index (χ3v) is 2.07. The average Bonchev–Trinajstić information content (AvgIpc) is 2.35. The van der Waals surface area contributed by atoms with Gasteiger partial charge in [-0.25, -0.2) is 9.59 Å². The maximum atomic E-state index is 11.6. The maximum Gasteiger partial charge on any atom is 0.334 e. The van der Waals surface area contributed by atoms with Gasteiger partial charge in [-0.3, -0.25) is 9.88 Å². The van der Waals surface area contributed by atoms with Gasteiger partial charge in [0.15, 0.2) is 6.10 Å². The van der Waals surface area contributed by atoms with Crippen molar-refractivity contribution in [1.29, 1.82) is 0 Å². The molecule has 7 heteroatoms. The summed E-state index contributed by atoms with van der Waals surface area (Å²) in [6.45, 7) is -0.348. The lowest BCUT2D eigenvalue weighted by atomic mass is 10.3. The molecule has 1 unspecified atom stereocenters. The van der Waals surface area contributed by atoms with Gasteiger partial charge in [0.05, 0.1) is 18.4 Å². The Labute approximate surface area is 97.7 Å². The first kappa shape index (κ1) is 12.9. The summed E-state index contributed by atoms with van der Waals surface area (Å²) in [6.07, 6.45) is 1.46. The van der Waals surface area contributed by atoms with Crippen LogP contribution in [0.15, 0.2) is 24.5 Å². The molecular formula is C10H13N3O4. The van der Waals surface area contributed by atoms with Crippen LogP contribution >= 0.6 is 0 Å². The molecule has 0 saturated heterocycles. The third kappa shape index (κ3) is 3.72. The molecule has 0 fully saturated rings. The molecule has 1 aromatic heterocycles. The van der Waals surface area contributed by atoms with Crippen LogP contribution in [0.5, 0.6) is 0 Å². The van der Waals surface area contributed by atoms with E-state index in [1.54, 1.807) is 18.3 Å². The van der Waals surface area contributed by atoms with E-state index in [1.165, 1.54) is 18.1 Å². The van der Waals surface area contributed by atoms with E-state index in [0.717, 1.165) is 0 Å². The van der Waals surface area contributed by atoms with Crippen LogP contribution in [0.2, 0.25) is 0 Å². The van der Waals surface area contributed by atoms with Gasteiger partial charge in [0.1, 0.15) is 0 Å². The molecule has 2 amide bonds. The highest BCUT2D eigenvalue weighted by molar-refractivity contribution is 5.91. The summed E-state index contributed by atoms with van der Waals surface area (Å²) in [6, 6.07) is 2.84. The van der Waals surface area contributed by atoms with Crippen LogP contribution < -0.4 is 10.2 Å². The second kappa shape index (κ2) is 5.80. The molecule has 17 heavy (non-hydrogen) atoms. The molecule has 1 atom stereocenters. The van der Waals surface area contributed by atoms with E-state index in [9.17, 15) is 9.59 Å². The van der Waals surface area contributed by atoms with Gasteiger partial charge in [0, 0.05) is 13.2 Å². The Hall–Kier alpha value is -2.15. The number of aliphatic hydroxyl groups excluding tert-OH is 1. The molecule has 0 aromatic carbocycles. The minimum atomic E-state index is -1.61. The van der Waals surface area contributed by atoms with E-state index in [2.05, 4.69) is 10.3 Å². The Morgan fingerprint density at radius 1 is 1.59 bits per heavy atom. The number of pyridine rings is 1. The van der Waals surface area contributed by atoms with Crippen LogP contribution in [0.1, 0.15) is 0 Å². The quantitative estimate of drug-likeness (QED) is 0.667. The van der Waals surface area contributed by atoms with Crippen molar-refractivity contribution in [3.63, 3.8) is 0 Å². The van der Waals surface area contributed by atoms with Crippen LogP contribution in [0.3, 0.4) is 0 Å². The predicted molar refractivity (Wildman–Crippen MR) is 59.7 cm³/mol. The molecule has 0 aliphatic heterocycles. The summed E-state index contributed by atoms with van der Waals surface area (Å²) in [5.41, 5.74) is 0.565. The first-order chi connectivity index (χ1) is 8.02. The first-order valence-corrected chi connectivity index (χ1v) is 4.85.